The van der Waals surface area contributed by atoms with E-state index in [4.69, 9.17) is 18.9 Å². The Hall–Kier alpha value is -5.23. The molecule has 12 nitrogen and oxygen atoms in total. The summed E-state index contributed by atoms with van der Waals surface area (Å²) in [6, 6.07) is 13.1. The van der Waals surface area contributed by atoms with E-state index in [1.807, 2.05) is 25.1 Å². The molecule has 0 aromatic heterocycles. The summed E-state index contributed by atoms with van der Waals surface area (Å²) < 4.78 is 22.7. The number of benzene rings is 3. The molecule has 2 unspecified atom stereocenters. The van der Waals surface area contributed by atoms with E-state index < -0.39 is 23.7 Å². The minimum Gasteiger partial charge on any atom is -0.507 e. The normalized spacial score (nSPS) is 18.6. The number of rotatable bonds is 12. The van der Waals surface area contributed by atoms with Crippen molar-refractivity contribution >= 4 is 29.4 Å². The number of hydrogen-bond donors (Lipinski definition) is 3. The van der Waals surface area contributed by atoms with Crippen LogP contribution in [0.4, 0.5) is 5.69 Å². The van der Waals surface area contributed by atoms with E-state index in [9.17, 15) is 24.6 Å². The minimum atomic E-state index is -0.981. The van der Waals surface area contributed by atoms with Gasteiger partial charge in [0.05, 0.1) is 33.5 Å². The quantitative estimate of drug-likeness (QED) is 0.157. The monoisotopic (exact) mass is 785 g/mol. The summed E-state index contributed by atoms with van der Waals surface area (Å²) in [6.07, 6.45) is 9.14. The number of amides is 1. The SMILES string of the molecule is COc1cc(C(CC(=O)NCC(c2ccc(N(C)C)cc2)N2CCCCC2)c2c(O)cc3c(c2O)C(=O)O[C@@H](C)CCCC(=O)CCC/C=C/3)cc(OC)c1OC. The first kappa shape index (κ1) is 42.9. The number of carbonyl (C=O) groups is 3. The van der Waals surface area contributed by atoms with Gasteiger partial charge >= 0.3 is 5.97 Å². The van der Waals surface area contributed by atoms with Crippen molar-refractivity contribution in [2.24, 2.45) is 0 Å². The molecule has 3 aromatic rings. The number of carbonyl (C=O) groups excluding carboxylic acids is 3. The topological polar surface area (TPSA) is 147 Å². The van der Waals surface area contributed by atoms with Crippen molar-refractivity contribution < 1.29 is 43.5 Å². The lowest BCUT2D eigenvalue weighted by molar-refractivity contribution is -0.121. The van der Waals surface area contributed by atoms with Crippen LogP contribution < -0.4 is 24.4 Å². The zero-order chi connectivity index (χ0) is 41.1. The number of fused-ring (bicyclic) bond motifs is 1. The Morgan fingerprint density at radius 1 is 0.912 bits per heavy atom. The summed E-state index contributed by atoms with van der Waals surface area (Å²) in [5.41, 5.74) is 2.76. The molecule has 3 aromatic carbocycles. The van der Waals surface area contributed by atoms with Gasteiger partial charge in [-0.25, -0.2) is 4.79 Å². The molecule has 308 valence electrons. The van der Waals surface area contributed by atoms with Crippen LogP contribution >= 0.6 is 0 Å². The van der Waals surface area contributed by atoms with Crippen molar-refractivity contribution in [3.63, 3.8) is 0 Å². The smallest absolute Gasteiger partial charge is 0.342 e. The molecule has 2 aliphatic heterocycles. The number of ketones is 1. The number of anilines is 1. The highest BCUT2D eigenvalue weighted by Gasteiger charge is 2.33. The van der Waals surface area contributed by atoms with Gasteiger partial charge in [-0.1, -0.05) is 30.7 Å². The summed E-state index contributed by atoms with van der Waals surface area (Å²) in [5, 5.41) is 27.1. The van der Waals surface area contributed by atoms with Gasteiger partial charge in [0.1, 0.15) is 22.8 Å². The Bertz CT molecular complexity index is 1860. The van der Waals surface area contributed by atoms with Crippen LogP contribution in [0.3, 0.4) is 0 Å². The summed E-state index contributed by atoms with van der Waals surface area (Å²) in [7, 11) is 8.45. The van der Waals surface area contributed by atoms with Gasteiger partial charge < -0.3 is 39.4 Å². The maximum atomic E-state index is 14.2. The summed E-state index contributed by atoms with van der Waals surface area (Å²) in [6.45, 7) is 3.92. The fraction of sp³-hybridized carbons (Fsp3) is 0.489. The lowest BCUT2D eigenvalue weighted by Gasteiger charge is -2.35. The molecule has 1 amide bonds. The highest BCUT2D eigenvalue weighted by Crippen LogP contribution is 2.48. The second-order valence-electron chi connectivity index (χ2n) is 15.2. The number of phenols is 2. The molecular weight excluding hydrogens is 727 g/mol. The minimum absolute atomic E-state index is 0.0188. The van der Waals surface area contributed by atoms with Crippen LogP contribution in [0.1, 0.15) is 116 Å². The Labute approximate surface area is 336 Å². The Morgan fingerprint density at radius 2 is 1.58 bits per heavy atom. The Kier molecular flexibility index (Phi) is 15.3. The first-order chi connectivity index (χ1) is 27.4. The van der Waals surface area contributed by atoms with E-state index in [0.717, 1.165) is 37.2 Å². The standard InChI is InChI=1S/C45H59N3O9/c1-29-14-13-17-34(49)16-10-7-9-15-31-24-37(50)42(43(52)41(31)45(53)57-29)35(32-25-38(54-4)44(56-6)39(26-32)55-5)27-40(51)46-28-36(48-22-11-8-12-23-48)30-18-20-33(21-19-30)47(2)3/h9,15,18-21,24-26,29,35-36,50,52H,7-8,10-14,16-17,22-23,27-28H2,1-6H3,(H,46,51)/b15-9+/t29-,35?,36?/m0/s1. The number of nitrogens with one attached hydrogen (secondary N) is 1. The Balaban J connectivity index is 1.56. The maximum absolute atomic E-state index is 14.2. The number of nitrogens with zero attached hydrogens (tertiary/aromatic N) is 2. The first-order valence-corrected chi connectivity index (χ1v) is 20.0. The van der Waals surface area contributed by atoms with Crippen molar-refractivity contribution in [2.75, 3.05) is 60.0 Å². The molecule has 57 heavy (non-hydrogen) atoms. The largest absolute Gasteiger partial charge is 0.507 e. The second kappa shape index (κ2) is 20.3. The number of phenolic OH excluding ortho intramolecular Hbond substituents is 2. The van der Waals surface area contributed by atoms with Crippen LogP contribution in [0.5, 0.6) is 28.7 Å². The van der Waals surface area contributed by atoms with Crippen LogP contribution in [0.25, 0.3) is 6.08 Å². The van der Waals surface area contributed by atoms with Gasteiger partial charge in [-0.05, 0) is 106 Å². The average Bonchev–Trinajstić information content (AvgIpc) is 3.19. The van der Waals surface area contributed by atoms with Gasteiger partial charge in [0, 0.05) is 57.1 Å². The number of esters is 1. The van der Waals surface area contributed by atoms with Crippen LogP contribution in [-0.4, -0.2) is 93.9 Å². The van der Waals surface area contributed by atoms with E-state index >= 15 is 0 Å². The van der Waals surface area contributed by atoms with E-state index in [1.54, 1.807) is 25.1 Å². The molecule has 5 rings (SSSR count). The summed E-state index contributed by atoms with van der Waals surface area (Å²) in [4.78, 5) is 44.9. The summed E-state index contributed by atoms with van der Waals surface area (Å²) >= 11 is 0. The van der Waals surface area contributed by atoms with Gasteiger partial charge in [-0.15, -0.1) is 0 Å². The Morgan fingerprint density at radius 3 is 2.21 bits per heavy atom. The van der Waals surface area contributed by atoms with E-state index in [2.05, 4.69) is 34.5 Å². The van der Waals surface area contributed by atoms with Crippen LogP contribution in [-0.2, 0) is 14.3 Å². The fourth-order valence-corrected chi connectivity index (χ4v) is 7.86. The molecule has 0 bridgehead atoms. The molecule has 0 aliphatic carbocycles. The van der Waals surface area contributed by atoms with Crippen molar-refractivity contribution in [2.45, 2.75) is 89.2 Å². The number of aromatic hydroxyl groups is 2. The molecule has 2 heterocycles. The second-order valence-corrected chi connectivity index (χ2v) is 15.2. The van der Waals surface area contributed by atoms with Crippen LogP contribution in [0, 0.1) is 0 Å². The number of ether oxygens (including phenoxy) is 4. The lowest BCUT2D eigenvalue weighted by Crippen LogP contribution is -2.41. The van der Waals surface area contributed by atoms with Gasteiger partial charge in [-0.2, -0.15) is 0 Å². The van der Waals surface area contributed by atoms with Crippen molar-refractivity contribution in [1.29, 1.82) is 0 Å². The zero-order valence-corrected chi connectivity index (χ0v) is 34.3. The van der Waals surface area contributed by atoms with Gasteiger partial charge in [-0.3, -0.25) is 14.5 Å². The lowest BCUT2D eigenvalue weighted by atomic mass is 9.84. The number of likely N-dealkylation sites (tertiary alicyclic amines) is 1. The molecule has 12 heteroatoms. The maximum Gasteiger partial charge on any atom is 0.342 e. The number of methoxy groups -OCH3 is 3. The van der Waals surface area contributed by atoms with Crippen LogP contribution in [0.2, 0.25) is 0 Å². The third-order valence-corrected chi connectivity index (χ3v) is 11.0. The molecule has 0 radical (unpaired) electrons. The van der Waals surface area contributed by atoms with Crippen molar-refractivity contribution in [3.8, 4) is 28.7 Å². The number of hydrogen-bond acceptors (Lipinski definition) is 11. The molecule has 0 spiro atoms. The molecule has 1 saturated heterocycles. The molecule has 2 aliphatic rings. The average molecular weight is 786 g/mol. The van der Waals surface area contributed by atoms with Gasteiger partial charge in [0.25, 0.3) is 0 Å². The third kappa shape index (κ3) is 10.8. The molecular formula is C45H59N3O9. The van der Waals surface area contributed by atoms with Crippen molar-refractivity contribution in [3.05, 3.63) is 76.4 Å². The predicted molar refractivity (Wildman–Crippen MR) is 221 cm³/mol. The number of allylic oxidation sites excluding steroid dienone is 1. The van der Waals surface area contributed by atoms with E-state index in [-0.39, 0.29) is 46.6 Å². The predicted octanol–water partition coefficient (Wildman–Crippen LogP) is 7.54. The molecule has 0 saturated carbocycles. The third-order valence-electron chi connectivity index (χ3n) is 11.0. The zero-order valence-electron chi connectivity index (χ0n) is 34.3. The molecule has 3 N–H and O–H groups in total. The highest BCUT2D eigenvalue weighted by atomic mass is 16.5. The molecule has 1 fully saturated rings. The number of piperidine rings is 1. The molecule has 3 atom stereocenters. The van der Waals surface area contributed by atoms with E-state index in [0.29, 0.717) is 67.9 Å². The highest BCUT2D eigenvalue weighted by molar-refractivity contribution is 5.98. The number of Topliss-reactive ketones (excluding diaryl/α,β-unsaturated/α-hetero) is 1. The van der Waals surface area contributed by atoms with E-state index in [1.165, 1.54) is 33.8 Å². The first-order valence-electron chi connectivity index (χ1n) is 20.0. The van der Waals surface area contributed by atoms with Gasteiger partial charge in [0.2, 0.25) is 11.7 Å². The van der Waals surface area contributed by atoms with Gasteiger partial charge in [0.15, 0.2) is 11.5 Å². The summed E-state index contributed by atoms with van der Waals surface area (Å²) in [5.74, 6) is -1.76. The number of cyclic esters (lactones) is 1. The van der Waals surface area contributed by atoms with Crippen LogP contribution in [0.15, 0.2) is 48.5 Å². The van der Waals surface area contributed by atoms with Crippen molar-refractivity contribution in [1.82, 2.24) is 10.2 Å². The fourth-order valence-electron chi connectivity index (χ4n) is 7.86.